The van der Waals surface area contributed by atoms with Crippen LogP contribution in [-0.2, 0) is 11.3 Å². The molecule has 2 aromatic carbocycles. The van der Waals surface area contributed by atoms with Crippen LogP contribution in [-0.4, -0.2) is 18.1 Å². The van der Waals surface area contributed by atoms with Crippen LogP contribution in [0.5, 0.6) is 0 Å². The Morgan fingerprint density at radius 1 is 1.08 bits per heavy atom. The lowest BCUT2D eigenvalue weighted by atomic mass is 10.0. The van der Waals surface area contributed by atoms with E-state index in [0.717, 1.165) is 17.7 Å². The SMILES string of the molecule is CC1=C(C)C(OCc2ccc(C(=O)c3ccc(Cl)cc3)cc2)CC=N1. The molecule has 0 amide bonds. The fourth-order valence-corrected chi connectivity index (χ4v) is 2.83. The zero-order valence-electron chi connectivity index (χ0n) is 14.3. The number of rotatable bonds is 5. The van der Waals surface area contributed by atoms with Crippen LogP contribution < -0.4 is 0 Å². The molecule has 1 atom stereocenters. The van der Waals surface area contributed by atoms with E-state index in [0.29, 0.717) is 22.8 Å². The number of halogens is 1. The third-order valence-electron chi connectivity index (χ3n) is 4.43. The van der Waals surface area contributed by atoms with Gasteiger partial charge in [-0.2, -0.15) is 0 Å². The van der Waals surface area contributed by atoms with Gasteiger partial charge in [0.05, 0.1) is 12.7 Å². The van der Waals surface area contributed by atoms with Crippen molar-refractivity contribution in [1.29, 1.82) is 0 Å². The average molecular weight is 354 g/mol. The third-order valence-corrected chi connectivity index (χ3v) is 4.68. The third kappa shape index (κ3) is 4.25. The lowest BCUT2D eigenvalue weighted by molar-refractivity contribution is 0.0681. The highest BCUT2D eigenvalue weighted by molar-refractivity contribution is 6.30. The van der Waals surface area contributed by atoms with Crippen molar-refractivity contribution in [3.05, 3.63) is 81.5 Å². The van der Waals surface area contributed by atoms with Crippen molar-refractivity contribution in [1.82, 2.24) is 0 Å². The van der Waals surface area contributed by atoms with Crippen molar-refractivity contribution in [2.75, 3.05) is 0 Å². The number of nitrogens with zero attached hydrogens (tertiary/aromatic N) is 1. The summed E-state index contributed by atoms with van der Waals surface area (Å²) in [5.74, 6) is -0.0120. The Labute approximate surface area is 153 Å². The summed E-state index contributed by atoms with van der Waals surface area (Å²) in [5.41, 5.74) is 4.53. The molecule has 1 unspecified atom stereocenters. The largest absolute Gasteiger partial charge is 0.369 e. The second kappa shape index (κ2) is 7.77. The van der Waals surface area contributed by atoms with E-state index in [9.17, 15) is 4.79 Å². The van der Waals surface area contributed by atoms with E-state index in [4.69, 9.17) is 16.3 Å². The first-order valence-electron chi connectivity index (χ1n) is 8.25. The first-order valence-corrected chi connectivity index (χ1v) is 8.63. The Balaban J connectivity index is 1.63. The van der Waals surface area contributed by atoms with Gasteiger partial charge in [0, 0.05) is 34.5 Å². The summed E-state index contributed by atoms with van der Waals surface area (Å²) in [7, 11) is 0. The van der Waals surface area contributed by atoms with Gasteiger partial charge < -0.3 is 4.74 Å². The number of allylic oxidation sites excluding steroid dienone is 1. The summed E-state index contributed by atoms with van der Waals surface area (Å²) in [6.45, 7) is 4.57. The van der Waals surface area contributed by atoms with Gasteiger partial charge in [0.25, 0.3) is 0 Å². The topological polar surface area (TPSA) is 38.7 Å². The molecule has 0 aromatic heterocycles. The monoisotopic (exact) mass is 353 g/mol. The van der Waals surface area contributed by atoms with Gasteiger partial charge in [-0.05, 0) is 49.2 Å². The number of hydrogen-bond donors (Lipinski definition) is 0. The van der Waals surface area contributed by atoms with E-state index in [-0.39, 0.29) is 11.9 Å². The van der Waals surface area contributed by atoms with Crippen LogP contribution in [0.1, 0.15) is 41.8 Å². The maximum Gasteiger partial charge on any atom is 0.193 e. The molecule has 3 nitrogen and oxygen atoms in total. The van der Waals surface area contributed by atoms with Crippen molar-refractivity contribution in [3.8, 4) is 0 Å². The van der Waals surface area contributed by atoms with Gasteiger partial charge in [0.2, 0.25) is 0 Å². The number of carbonyl (C=O) groups is 1. The maximum absolute atomic E-state index is 12.5. The molecule has 3 rings (SSSR count). The lowest BCUT2D eigenvalue weighted by Gasteiger charge is -2.21. The van der Waals surface area contributed by atoms with Crippen LogP contribution in [0.15, 0.2) is 64.8 Å². The lowest BCUT2D eigenvalue weighted by Crippen LogP contribution is -2.18. The smallest absolute Gasteiger partial charge is 0.193 e. The highest BCUT2D eigenvalue weighted by Crippen LogP contribution is 2.21. The van der Waals surface area contributed by atoms with E-state index < -0.39 is 0 Å². The molecular formula is C21H20ClNO2. The summed E-state index contributed by atoms with van der Waals surface area (Å²) in [4.78, 5) is 16.8. The Hall–Kier alpha value is -2.23. The summed E-state index contributed by atoms with van der Waals surface area (Å²) in [6, 6.07) is 14.5. The molecule has 1 heterocycles. The van der Waals surface area contributed by atoms with Crippen LogP contribution in [0.4, 0.5) is 0 Å². The average Bonchev–Trinajstić information content (AvgIpc) is 2.63. The van der Waals surface area contributed by atoms with Crippen molar-refractivity contribution in [3.63, 3.8) is 0 Å². The second-order valence-corrected chi connectivity index (χ2v) is 6.58. The van der Waals surface area contributed by atoms with Crippen LogP contribution >= 0.6 is 11.6 Å². The summed E-state index contributed by atoms with van der Waals surface area (Å²) in [5, 5.41) is 0.622. The van der Waals surface area contributed by atoms with Gasteiger partial charge >= 0.3 is 0 Å². The van der Waals surface area contributed by atoms with Gasteiger partial charge in [-0.25, -0.2) is 0 Å². The standard InChI is InChI=1S/C21H20ClNO2/c1-14-15(2)23-12-11-20(14)25-13-16-3-5-17(6-4-16)21(24)18-7-9-19(22)10-8-18/h3-10,12,20H,11,13H2,1-2H3. The van der Waals surface area contributed by atoms with Gasteiger partial charge in [-0.15, -0.1) is 0 Å². The molecule has 2 aromatic rings. The molecular weight excluding hydrogens is 334 g/mol. The minimum atomic E-state index is -0.0120. The quantitative estimate of drug-likeness (QED) is 0.691. The Morgan fingerprint density at radius 2 is 1.68 bits per heavy atom. The highest BCUT2D eigenvalue weighted by Gasteiger charge is 2.16. The number of benzene rings is 2. The molecule has 128 valence electrons. The van der Waals surface area contributed by atoms with Crippen LogP contribution in [0.3, 0.4) is 0 Å². The van der Waals surface area contributed by atoms with E-state index in [1.54, 1.807) is 24.3 Å². The van der Waals surface area contributed by atoms with Gasteiger partial charge in [0.1, 0.15) is 0 Å². The minimum Gasteiger partial charge on any atom is -0.369 e. The first kappa shape index (κ1) is 17.6. The molecule has 0 radical (unpaired) electrons. The predicted molar refractivity (Wildman–Crippen MR) is 101 cm³/mol. The zero-order valence-corrected chi connectivity index (χ0v) is 15.1. The fourth-order valence-electron chi connectivity index (χ4n) is 2.71. The predicted octanol–water partition coefficient (Wildman–Crippen LogP) is 5.22. The summed E-state index contributed by atoms with van der Waals surface area (Å²) in [6.07, 6.45) is 2.78. The Morgan fingerprint density at radius 3 is 2.32 bits per heavy atom. The zero-order chi connectivity index (χ0) is 17.8. The molecule has 25 heavy (non-hydrogen) atoms. The molecule has 0 N–H and O–H groups in total. The molecule has 0 aliphatic carbocycles. The molecule has 0 saturated carbocycles. The van der Waals surface area contributed by atoms with Crippen LogP contribution in [0.2, 0.25) is 5.02 Å². The van der Waals surface area contributed by atoms with E-state index in [1.807, 2.05) is 37.4 Å². The highest BCUT2D eigenvalue weighted by atomic mass is 35.5. The number of hydrogen-bond acceptors (Lipinski definition) is 3. The number of carbonyl (C=O) groups excluding carboxylic acids is 1. The second-order valence-electron chi connectivity index (χ2n) is 6.15. The van der Waals surface area contributed by atoms with Crippen LogP contribution in [0, 0.1) is 0 Å². The molecule has 1 aliphatic rings. The number of aliphatic imine (C=N–C) groups is 1. The molecule has 1 aliphatic heterocycles. The number of ketones is 1. The van der Waals surface area contributed by atoms with E-state index >= 15 is 0 Å². The molecule has 0 bridgehead atoms. The molecule has 4 heteroatoms. The van der Waals surface area contributed by atoms with Gasteiger partial charge in [-0.3, -0.25) is 9.79 Å². The van der Waals surface area contributed by atoms with Crippen LogP contribution in [0.25, 0.3) is 0 Å². The summed E-state index contributed by atoms with van der Waals surface area (Å²) >= 11 is 5.86. The van der Waals surface area contributed by atoms with Gasteiger partial charge in [-0.1, -0.05) is 35.9 Å². The van der Waals surface area contributed by atoms with Crippen molar-refractivity contribution in [2.24, 2.45) is 4.99 Å². The molecule has 0 spiro atoms. The minimum absolute atomic E-state index is 0.0120. The fraction of sp³-hybridized carbons (Fsp3) is 0.238. The molecule has 0 fully saturated rings. The van der Waals surface area contributed by atoms with E-state index in [1.165, 1.54) is 5.57 Å². The Kier molecular flexibility index (Phi) is 5.47. The van der Waals surface area contributed by atoms with Crippen molar-refractivity contribution in [2.45, 2.75) is 33.0 Å². The first-order chi connectivity index (χ1) is 12.0. The number of ether oxygens (including phenoxy) is 1. The van der Waals surface area contributed by atoms with Crippen molar-refractivity contribution < 1.29 is 9.53 Å². The van der Waals surface area contributed by atoms with Gasteiger partial charge in [0.15, 0.2) is 5.78 Å². The Bertz CT molecular complexity index is 820. The maximum atomic E-state index is 12.5. The normalized spacial score (nSPS) is 17.0. The summed E-state index contributed by atoms with van der Waals surface area (Å²) < 4.78 is 6.00. The van der Waals surface area contributed by atoms with Crippen molar-refractivity contribution >= 4 is 23.6 Å². The molecule has 0 saturated heterocycles. The van der Waals surface area contributed by atoms with E-state index in [2.05, 4.69) is 11.9 Å².